The van der Waals surface area contributed by atoms with Gasteiger partial charge in [0.15, 0.2) is 5.69 Å². The number of nitrogens with one attached hydrogen (secondary N) is 2. The van der Waals surface area contributed by atoms with Crippen molar-refractivity contribution in [2.45, 2.75) is 30.4 Å². The van der Waals surface area contributed by atoms with Gasteiger partial charge in [-0.2, -0.15) is 11.8 Å². The summed E-state index contributed by atoms with van der Waals surface area (Å²) >= 11 is 1.86. The lowest BCUT2D eigenvalue weighted by atomic mass is 10.1. The monoisotopic (exact) mass is 280 g/mol. The van der Waals surface area contributed by atoms with Gasteiger partial charge in [-0.25, -0.2) is 0 Å². The summed E-state index contributed by atoms with van der Waals surface area (Å²) in [6.07, 6.45) is 7.00. The minimum Gasteiger partial charge on any atom is -0.372 e. The molecule has 104 valence electrons. The topological polar surface area (TPSA) is 66.9 Å². The van der Waals surface area contributed by atoms with E-state index in [0.29, 0.717) is 18.1 Å². The summed E-state index contributed by atoms with van der Waals surface area (Å²) in [5.74, 6) is 0.517. The highest BCUT2D eigenvalue weighted by Crippen LogP contribution is 2.39. The number of amides is 1. The Morgan fingerprint density at radius 3 is 2.63 bits per heavy atom. The van der Waals surface area contributed by atoms with Gasteiger partial charge < -0.3 is 10.6 Å². The fraction of sp³-hybridized carbons (Fsp3) is 0.615. The van der Waals surface area contributed by atoms with Crippen LogP contribution in [0.15, 0.2) is 12.1 Å². The van der Waals surface area contributed by atoms with Gasteiger partial charge in [-0.3, -0.25) is 4.79 Å². The predicted molar refractivity (Wildman–Crippen MR) is 78.6 cm³/mol. The lowest BCUT2D eigenvalue weighted by molar-refractivity contribution is 0.0943. The molecule has 6 heteroatoms. The normalized spacial score (nSPS) is 17.2. The minimum absolute atomic E-state index is 0.143. The second kappa shape index (κ2) is 6.23. The zero-order valence-electron chi connectivity index (χ0n) is 11.4. The largest absolute Gasteiger partial charge is 0.372 e. The molecule has 2 N–H and O–H groups in total. The van der Waals surface area contributed by atoms with Crippen LogP contribution in [0.1, 0.15) is 36.2 Å². The summed E-state index contributed by atoms with van der Waals surface area (Å²) in [6.45, 7) is 0.711. The van der Waals surface area contributed by atoms with Gasteiger partial charge >= 0.3 is 0 Å². The Labute approximate surface area is 118 Å². The van der Waals surface area contributed by atoms with Crippen LogP contribution in [0.3, 0.4) is 0 Å². The molecule has 0 atom stereocenters. The van der Waals surface area contributed by atoms with Gasteiger partial charge in [0.05, 0.1) is 0 Å². The molecular weight excluding hydrogens is 260 g/mol. The maximum absolute atomic E-state index is 12.0. The van der Waals surface area contributed by atoms with E-state index in [0.717, 1.165) is 0 Å². The van der Waals surface area contributed by atoms with Crippen LogP contribution in [0.4, 0.5) is 5.82 Å². The second-order valence-electron chi connectivity index (χ2n) is 4.83. The van der Waals surface area contributed by atoms with Crippen LogP contribution < -0.4 is 10.6 Å². The Morgan fingerprint density at radius 2 is 2.11 bits per heavy atom. The predicted octanol–water partition coefficient (Wildman–Crippen LogP) is 1.92. The molecular formula is C13H20N4OS. The van der Waals surface area contributed by atoms with E-state index < -0.39 is 0 Å². The molecule has 1 fully saturated rings. The number of carbonyl (C=O) groups excluding carboxylic acids is 1. The van der Waals surface area contributed by atoms with Crippen LogP contribution >= 0.6 is 11.8 Å². The van der Waals surface area contributed by atoms with Crippen molar-refractivity contribution >= 4 is 23.5 Å². The molecule has 19 heavy (non-hydrogen) atoms. The first kappa shape index (κ1) is 14.1. The second-order valence-corrected chi connectivity index (χ2v) is 6.11. The Hall–Kier alpha value is -1.30. The summed E-state index contributed by atoms with van der Waals surface area (Å²) in [5, 5.41) is 13.7. The van der Waals surface area contributed by atoms with E-state index in [1.807, 2.05) is 11.8 Å². The van der Waals surface area contributed by atoms with Crippen LogP contribution in [0.25, 0.3) is 0 Å². The number of hydrogen-bond acceptors (Lipinski definition) is 5. The highest BCUT2D eigenvalue weighted by molar-refractivity contribution is 8.00. The zero-order valence-corrected chi connectivity index (χ0v) is 12.2. The molecule has 1 aliphatic carbocycles. The summed E-state index contributed by atoms with van der Waals surface area (Å²) < 4.78 is 0.216. The lowest BCUT2D eigenvalue weighted by Crippen LogP contribution is -2.38. The molecule has 1 amide bonds. The summed E-state index contributed by atoms with van der Waals surface area (Å²) in [7, 11) is 1.77. The average molecular weight is 280 g/mol. The average Bonchev–Trinajstić information content (AvgIpc) is 2.94. The summed E-state index contributed by atoms with van der Waals surface area (Å²) in [4.78, 5) is 12.0. The van der Waals surface area contributed by atoms with E-state index in [-0.39, 0.29) is 10.7 Å². The zero-order chi connectivity index (χ0) is 13.7. The maximum atomic E-state index is 12.0. The van der Waals surface area contributed by atoms with Gasteiger partial charge in [0, 0.05) is 18.3 Å². The Kier molecular flexibility index (Phi) is 4.63. The van der Waals surface area contributed by atoms with E-state index in [2.05, 4.69) is 27.1 Å². The first-order valence-electron chi connectivity index (χ1n) is 6.54. The molecule has 1 aliphatic rings. The van der Waals surface area contributed by atoms with Gasteiger partial charge in [-0.05, 0) is 31.2 Å². The summed E-state index contributed by atoms with van der Waals surface area (Å²) in [5.41, 5.74) is 0.369. The minimum atomic E-state index is -0.143. The molecule has 5 nitrogen and oxygen atoms in total. The molecule has 1 aromatic rings. The van der Waals surface area contributed by atoms with Gasteiger partial charge in [0.2, 0.25) is 0 Å². The van der Waals surface area contributed by atoms with Crippen molar-refractivity contribution in [3.05, 3.63) is 17.8 Å². The number of hydrogen-bond donors (Lipinski definition) is 2. The van der Waals surface area contributed by atoms with Crippen molar-refractivity contribution < 1.29 is 4.79 Å². The molecule has 0 bridgehead atoms. The first-order valence-corrected chi connectivity index (χ1v) is 7.76. The lowest BCUT2D eigenvalue weighted by Gasteiger charge is -2.26. The molecule has 0 spiro atoms. The van der Waals surface area contributed by atoms with Gasteiger partial charge in [0.25, 0.3) is 5.91 Å². The standard InChI is InChI=1S/C13H20N4OS/c1-14-11-6-5-10(16-17-11)12(18)15-9-13(19-2)7-3-4-8-13/h5-6H,3-4,7-9H2,1-2H3,(H,14,17)(H,15,18). The van der Waals surface area contributed by atoms with Crippen molar-refractivity contribution in [1.29, 1.82) is 0 Å². The van der Waals surface area contributed by atoms with Crippen LogP contribution in [-0.4, -0.2) is 40.7 Å². The van der Waals surface area contributed by atoms with E-state index in [1.54, 1.807) is 19.2 Å². The van der Waals surface area contributed by atoms with Gasteiger partial charge in [-0.15, -0.1) is 10.2 Å². The smallest absolute Gasteiger partial charge is 0.271 e. The van der Waals surface area contributed by atoms with Gasteiger partial charge in [0.1, 0.15) is 5.82 Å². The van der Waals surface area contributed by atoms with E-state index in [4.69, 9.17) is 0 Å². The molecule has 2 rings (SSSR count). The molecule has 0 radical (unpaired) electrons. The fourth-order valence-corrected chi connectivity index (χ4v) is 3.30. The number of rotatable bonds is 5. The fourth-order valence-electron chi connectivity index (χ4n) is 2.39. The first-order chi connectivity index (χ1) is 9.19. The third-order valence-corrected chi connectivity index (χ3v) is 5.09. The van der Waals surface area contributed by atoms with E-state index in [9.17, 15) is 4.79 Å². The highest BCUT2D eigenvalue weighted by Gasteiger charge is 2.33. The molecule has 0 aliphatic heterocycles. The summed E-state index contributed by atoms with van der Waals surface area (Å²) in [6, 6.07) is 3.44. The van der Waals surface area contributed by atoms with Crippen molar-refractivity contribution in [3.63, 3.8) is 0 Å². The quantitative estimate of drug-likeness (QED) is 0.862. The molecule has 0 unspecified atom stereocenters. The molecule has 1 heterocycles. The van der Waals surface area contributed by atoms with E-state index in [1.165, 1.54) is 25.7 Å². The molecule has 0 aromatic carbocycles. The number of aromatic nitrogens is 2. The van der Waals surface area contributed by atoms with Crippen molar-refractivity contribution in [1.82, 2.24) is 15.5 Å². The number of anilines is 1. The van der Waals surface area contributed by atoms with Crippen LogP contribution in [0, 0.1) is 0 Å². The Morgan fingerprint density at radius 1 is 1.37 bits per heavy atom. The van der Waals surface area contributed by atoms with Crippen molar-refractivity contribution in [2.75, 3.05) is 25.2 Å². The van der Waals surface area contributed by atoms with Crippen LogP contribution in [-0.2, 0) is 0 Å². The molecule has 1 saturated carbocycles. The molecule has 0 saturated heterocycles. The van der Waals surface area contributed by atoms with Crippen LogP contribution in [0.2, 0.25) is 0 Å². The maximum Gasteiger partial charge on any atom is 0.271 e. The number of nitrogens with zero attached hydrogens (tertiary/aromatic N) is 2. The SMILES string of the molecule is CNc1ccc(C(=O)NCC2(SC)CCCC2)nn1. The number of thioether (sulfide) groups is 1. The third-order valence-electron chi connectivity index (χ3n) is 3.67. The highest BCUT2D eigenvalue weighted by atomic mass is 32.2. The Bertz CT molecular complexity index is 429. The molecule has 1 aromatic heterocycles. The van der Waals surface area contributed by atoms with E-state index >= 15 is 0 Å². The third kappa shape index (κ3) is 3.37. The van der Waals surface area contributed by atoms with Gasteiger partial charge in [-0.1, -0.05) is 12.8 Å². The van der Waals surface area contributed by atoms with Crippen molar-refractivity contribution in [2.24, 2.45) is 0 Å². The van der Waals surface area contributed by atoms with Crippen molar-refractivity contribution in [3.8, 4) is 0 Å². The Balaban J connectivity index is 1.93. The van der Waals surface area contributed by atoms with Crippen LogP contribution in [0.5, 0.6) is 0 Å². The number of carbonyl (C=O) groups is 1.